The van der Waals surface area contributed by atoms with Gasteiger partial charge in [0.2, 0.25) is 0 Å². The Hall–Kier alpha value is -2.57. The van der Waals surface area contributed by atoms with Gasteiger partial charge in [-0.25, -0.2) is 0 Å². The number of nitrogens with two attached hydrogens (primary N) is 1. The molecule has 6 heteroatoms. The van der Waals surface area contributed by atoms with E-state index in [0.717, 1.165) is 0 Å². The molecule has 2 unspecified atom stereocenters. The number of aliphatic hydroxyl groups excluding tert-OH is 2. The quantitative estimate of drug-likeness (QED) is 0.574. The summed E-state index contributed by atoms with van der Waals surface area (Å²) in [5.74, 6) is 0.0264. The first-order valence-corrected chi connectivity index (χ1v) is 8.13. The smallest absolute Gasteiger partial charge is 0.255 e. The number of nitrogen functional groups attached to an aromatic ring is 1. The molecule has 0 aliphatic carbocycles. The largest absolute Gasteiger partial charge is 0.490 e. The zero-order chi connectivity index (χ0) is 18.4. The molecule has 0 fully saturated rings. The van der Waals surface area contributed by atoms with Crippen molar-refractivity contribution in [3.8, 4) is 5.75 Å². The number of benzene rings is 2. The molecule has 2 atom stereocenters. The number of rotatable bonds is 7. The fraction of sp³-hybridized carbons (Fsp3) is 0.316. The Morgan fingerprint density at radius 3 is 2.40 bits per heavy atom. The molecule has 0 aliphatic rings. The topological polar surface area (TPSA) is 105 Å². The minimum absolute atomic E-state index is 0.0806. The van der Waals surface area contributed by atoms with Crippen molar-refractivity contribution in [3.05, 3.63) is 59.7 Å². The average molecular weight is 344 g/mol. The maximum absolute atomic E-state index is 12.6. The molecule has 25 heavy (non-hydrogen) atoms. The maximum atomic E-state index is 12.6. The van der Waals surface area contributed by atoms with Crippen molar-refractivity contribution in [2.24, 2.45) is 0 Å². The number of hydrogen-bond acceptors (Lipinski definition) is 5. The lowest BCUT2D eigenvalue weighted by Crippen LogP contribution is -2.42. The number of anilines is 1. The summed E-state index contributed by atoms with van der Waals surface area (Å²) in [5.41, 5.74) is 7.11. The molecule has 5 N–H and O–H groups in total. The predicted octanol–water partition coefficient (Wildman–Crippen LogP) is 1.88. The Balaban J connectivity index is 2.16. The van der Waals surface area contributed by atoms with E-state index in [-0.39, 0.29) is 6.10 Å². The Labute approximate surface area is 147 Å². The molecule has 0 radical (unpaired) electrons. The standard InChI is InChI=1S/C19H24N2O4/c1-12(2)25-17-6-4-3-5-15(17)19(24)21-16(11-22)18(23)13-7-9-14(20)10-8-13/h3-10,12,16,18,22-23H,11,20H2,1-2H3,(H,21,24). The highest BCUT2D eigenvalue weighted by atomic mass is 16.5. The molecule has 134 valence electrons. The molecule has 1 amide bonds. The third-order valence-electron chi connectivity index (χ3n) is 3.67. The summed E-state index contributed by atoms with van der Waals surface area (Å²) in [6, 6.07) is 12.6. The summed E-state index contributed by atoms with van der Waals surface area (Å²) >= 11 is 0. The van der Waals surface area contributed by atoms with Gasteiger partial charge in [-0.2, -0.15) is 0 Å². The number of aliphatic hydroxyl groups is 2. The van der Waals surface area contributed by atoms with Crippen LogP contribution in [0.3, 0.4) is 0 Å². The maximum Gasteiger partial charge on any atom is 0.255 e. The number of para-hydroxylation sites is 1. The van der Waals surface area contributed by atoms with Gasteiger partial charge in [0.25, 0.3) is 5.91 Å². The lowest BCUT2D eigenvalue weighted by atomic mass is 10.0. The summed E-state index contributed by atoms with van der Waals surface area (Å²) in [6.07, 6.45) is -1.14. The first kappa shape index (κ1) is 18.8. The number of carbonyl (C=O) groups is 1. The molecule has 0 bridgehead atoms. The number of carbonyl (C=O) groups excluding carboxylic acids is 1. The van der Waals surface area contributed by atoms with Crippen molar-refractivity contribution >= 4 is 11.6 Å². The fourth-order valence-electron chi connectivity index (χ4n) is 2.41. The molecule has 0 heterocycles. The molecule has 0 saturated carbocycles. The Bertz CT molecular complexity index is 701. The molecule has 0 saturated heterocycles. The second-order valence-corrected chi connectivity index (χ2v) is 6.04. The van der Waals surface area contributed by atoms with E-state index in [1.807, 2.05) is 13.8 Å². The van der Waals surface area contributed by atoms with Crippen molar-refractivity contribution in [2.45, 2.75) is 32.1 Å². The zero-order valence-corrected chi connectivity index (χ0v) is 14.3. The van der Waals surface area contributed by atoms with Crippen LogP contribution in [-0.4, -0.2) is 34.9 Å². The van der Waals surface area contributed by atoms with Crippen LogP contribution >= 0.6 is 0 Å². The Morgan fingerprint density at radius 1 is 1.16 bits per heavy atom. The van der Waals surface area contributed by atoms with Gasteiger partial charge in [0, 0.05) is 5.69 Å². The second-order valence-electron chi connectivity index (χ2n) is 6.04. The molecule has 0 spiro atoms. The van der Waals surface area contributed by atoms with Gasteiger partial charge in [-0.15, -0.1) is 0 Å². The highest BCUT2D eigenvalue weighted by molar-refractivity contribution is 5.97. The third-order valence-corrected chi connectivity index (χ3v) is 3.67. The molecular formula is C19H24N2O4. The van der Waals surface area contributed by atoms with Crippen molar-refractivity contribution in [1.29, 1.82) is 0 Å². The highest BCUT2D eigenvalue weighted by Gasteiger charge is 2.24. The van der Waals surface area contributed by atoms with Crippen LogP contribution in [-0.2, 0) is 0 Å². The van der Waals surface area contributed by atoms with Gasteiger partial charge in [-0.05, 0) is 43.7 Å². The number of hydrogen-bond donors (Lipinski definition) is 4. The van der Waals surface area contributed by atoms with E-state index in [2.05, 4.69) is 5.32 Å². The first-order chi connectivity index (χ1) is 11.9. The van der Waals surface area contributed by atoms with E-state index in [1.54, 1.807) is 48.5 Å². The SMILES string of the molecule is CC(C)Oc1ccccc1C(=O)NC(CO)C(O)c1ccc(N)cc1. The Morgan fingerprint density at radius 2 is 1.80 bits per heavy atom. The third kappa shape index (κ3) is 4.95. The summed E-state index contributed by atoms with van der Waals surface area (Å²) in [7, 11) is 0. The van der Waals surface area contributed by atoms with E-state index < -0.39 is 24.7 Å². The van der Waals surface area contributed by atoms with Crippen LogP contribution in [0.4, 0.5) is 5.69 Å². The van der Waals surface area contributed by atoms with Crippen LogP contribution in [0.25, 0.3) is 0 Å². The second kappa shape index (κ2) is 8.50. The van der Waals surface area contributed by atoms with E-state index in [9.17, 15) is 15.0 Å². The van der Waals surface area contributed by atoms with Crippen LogP contribution in [0, 0.1) is 0 Å². The fourth-order valence-corrected chi connectivity index (χ4v) is 2.41. The molecular weight excluding hydrogens is 320 g/mol. The van der Waals surface area contributed by atoms with Gasteiger partial charge in [0.05, 0.1) is 24.3 Å². The van der Waals surface area contributed by atoms with Crippen molar-refractivity contribution in [1.82, 2.24) is 5.32 Å². The monoisotopic (exact) mass is 344 g/mol. The summed E-state index contributed by atoms with van der Waals surface area (Å²) in [5, 5.41) is 22.7. The lowest BCUT2D eigenvalue weighted by molar-refractivity contribution is 0.0699. The van der Waals surface area contributed by atoms with E-state index >= 15 is 0 Å². The number of ether oxygens (including phenoxy) is 1. The number of nitrogens with one attached hydrogen (secondary N) is 1. The van der Waals surface area contributed by atoms with E-state index in [4.69, 9.17) is 10.5 Å². The first-order valence-electron chi connectivity index (χ1n) is 8.13. The van der Waals surface area contributed by atoms with Crippen LogP contribution in [0.15, 0.2) is 48.5 Å². The molecule has 2 aromatic carbocycles. The van der Waals surface area contributed by atoms with Gasteiger partial charge < -0.3 is 26.0 Å². The highest BCUT2D eigenvalue weighted by Crippen LogP contribution is 2.22. The summed E-state index contributed by atoms with van der Waals surface area (Å²) in [6.45, 7) is 3.33. The normalized spacial score (nSPS) is 13.3. The van der Waals surface area contributed by atoms with Crippen molar-refractivity contribution in [2.75, 3.05) is 12.3 Å². The van der Waals surface area contributed by atoms with Gasteiger partial charge in [-0.1, -0.05) is 24.3 Å². The average Bonchev–Trinajstić information content (AvgIpc) is 2.59. The van der Waals surface area contributed by atoms with Crippen molar-refractivity contribution in [3.63, 3.8) is 0 Å². The van der Waals surface area contributed by atoms with Gasteiger partial charge in [0.1, 0.15) is 11.9 Å². The minimum Gasteiger partial charge on any atom is -0.490 e. The summed E-state index contributed by atoms with van der Waals surface area (Å²) in [4.78, 5) is 12.6. The van der Waals surface area contributed by atoms with Crippen LogP contribution in [0.5, 0.6) is 5.75 Å². The van der Waals surface area contributed by atoms with Crippen LogP contribution in [0.2, 0.25) is 0 Å². The molecule has 2 rings (SSSR count). The molecule has 2 aromatic rings. The van der Waals surface area contributed by atoms with Gasteiger partial charge in [0.15, 0.2) is 0 Å². The van der Waals surface area contributed by atoms with Gasteiger partial charge >= 0.3 is 0 Å². The Kier molecular flexibility index (Phi) is 6.38. The van der Waals surface area contributed by atoms with Crippen LogP contribution < -0.4 is 15.8 Å². The predicted molar refractivity (Wildman–Crippen MR) is 96.4 cm³/mol. The molecule has 0 aliphatic heterocycles. The minimum atomic E-state index is -1.06. The van der Waals surface area contributed by atoms with Crippen molar-refractivity contribution < 1.29 is 19.7 Å². The van der Waals surface area contributed by atoms with E-state index in [1.165, 1.54) is 0 Å². The van der Waals surface area contributed by atoms with Gasteiger partial charge in [-0.3, -0.25) is 4.79 Å². The zero-order valence-electron chi connectivity index (χ0n) is 14.3. The van der Waals surface area contributed by atoms with Crippen LogP contribution in [0.1, 0.15) is 35.9 Å². The lowest BCUT2D eigenvalue weighted by Gasteiger charge is -2.23. The molecule has 6 nitrogen and oxygen atoms in total. The summed E-state index contributed by atoms with van der Waals surface area (Å²) < 4.78 is 5.64. The van der Waals surface area contributed by atoms with E-state index in [0.29, 0.717) is 22.6 Å². The number of amides is 1. The molecule has 0 aromatic heterocycles.